The quantitative estimate of drug-likeness (QED) is 0.831. The summed E-state index contributed by atoms with van der Waals surface area (Å²) in [6, 6.07) is 7.11. The standard InChI is InChI=1S/C15H20N2O2S2/c1-10-7-14(16)15(8-11(10)2)21(18,19)17-12(3)9-13-5-4-6-20-13/h4-8,12,17H,9,16H2,1-3H3. The van der Waals surface area contributed by atoms with Crippen LogP contribution in [0.3, 0.4) is 0 Å². The fraction of sp³-hybridized carbons (Fsp3) is 0.333. The van der Waals surface area contributed by atoms with Crippen LogP contribution in [-0.4, -0.2) is 14.5 Å². The van der Waals surface area contributed by atoms with Crippen LogP contribution in [-0.2, 0) is 16.4 Å². The number of hydrogen-bond donors (Lipinski definition) is 2. The highest BCUT2D eigenvalue weighted by atomic mass is 32.2. The summed E-state index contributed by atoms with van der Waals surface area (Å²) in [5, 5.41) is 1.98. The largest absolute Gasteiger partial charge is 0.398 e. The summed E-state index contributed by atoms with van der Waals surface area (Å²) in [6.45, 7) is 5.65. The maximum Gasteiger partial charge on any atom is 0.242 e. The molecule has 1 unspecified atom stereocenters. The molecule has 2 rings (SSSR count). The van der Waals surface area contributed by atoms with Crippen molar-refractivity contribution >= 4 is 27.0 Å². The smallest absolute Gasteiger partial charge is 0.242 e. The molecule has 1 aromatic carbocycles. The lowest BCUT2D eigenvalue weighted by Gasteiger charge is -2.16. The van der Waals surface area contributed by atoms with E-state index in [1.54, 1.807) is 23.5 Å². The molecule has 0 spiro atoms. The molecule has 0 radical (unpaired) electrons. The lowest BCUT2D eigenvalue weighted by molar-refractivity contribution is 0.561. The zero-order valence-corrected chi connectivity index (χ0v) is 14.0. The Morgan fingerprint density at radius 2 is 1.95 bits per heavy atom. The highest BCUT2D eigenvalue weighted by Gasteiger charge is 2.21. The molecule has 3 N–H and O–H groups in total. The Kier molecular flexibility index (Phi) is 4.70. The van der Waals surface area contributed by atoms with Crippen molar-refractivity contribution in [1.82, 2.24) is 4.72 Å². The van der Waals surface area contributed by atoms with E-state index in [1.165, 1.54) is 0 Å². The van der Waals surface area contributed by atoms with Gasteiger partial charge in [0, 0.05) is 10.9 Å². The molecule has 0 aliphatic rings. The van der Waals surface area contributed by atoms with Gasteiger partial charge in [-0.15, -0.1) is 11.3 Å². The van der Waals surface area contributed by atoms with E-state index in [9.17, 15) is 8.42 Å². The third kappa shape index (κ3) is 3.84. The van der Waals surface area contributed by atoms with E-state index in [4.69, 9.17) is 5.73 Å². The van der Waals surface area contributed by atoms with E-state index in [0.717, 1.165) is 16.0 Å². The molecule has 0 aliphatic carbocycles. The lowest BCUT2D eigenvalue weighted by Crippen LogP contribution is -2.34. The minimum absolute atomic E-state index is 0.156. The zero-order valence-electron chi connectivity index (χ0n) is 12.4. The van der Waals surface area contributed by atoms with Crippen molar-refractivity contribution in [3.8, 4) is 0 Å². The van der Waals surface area contributed by atoms with Crippen LogP contribution in [0.15, 0.2) is 34.5 Å². The number of sulfonamides is 1. The van der Waals surface area contributed by atoms with Crippen LogP contribution in [0.5, 0.6) is 0 Å². The minimum Gasteiger partial charge on any atom is -0.398 e. The molecule has 2 aromatic rings. The maximum atomic E-state index is 12.5. The van der Waals surface area contributed by atoms with Crippen molar-refractivity contribution in [2.45, 2.75) is 38.1 Å². The van der Waals surface area contributed by atoms with E-state index in [-0.39, 0.29) is 16.6 Å². The van der Waals surface area contributed by atoms with Gasteiger partial charge in [0.25, 0.3) is 0 Å². The zero-order chi connectivity index (χ0) is 15.6. The topological polar surface area (TPSA) is 72.2 Å². The Balaban J connectivity index is 2.20. The van der Waals surface area contributed by atoms with Crippen LogP contribution in [0.1, 0.15) is 22.9 Å². The molecule has 1 aromatic heterocycles. The minimum atomic E-state index is -3.60. The first-order valence-corrected chi connectivity index (χ1v) is 9.07. The van der Waals surface area contributed by atoms with Gasteiger partial charge >= 0.3 is 0 Å². The van der Waals surface area contributed by atoms with E-state index in [1.807, 2.05) is 38.3 Å². The van der Waals surface area contributed by atoms with Gasteiger partial charge in [-0.3, -0.25) is 0 Å². The van der Waals surface area contributed by atoms with Crippen molar-refractivity contribution < 1.29 is 8.42 Å². The molecule has 1 heterocycles. The van der Waals surface area contributed by atoms with Crippen LogP contribution in [0.4, 0.5) is 5.69 Å². The van der Waals surface area contributed by atoms with Crippen molar-refractivity contribution in [2.24, 2.45) is 0 Å². The van der Waals surface area contributed by atoms with E-state index >= 15 is 0 Å². The van der Waals surface area contributed by atoms with E-state index in [2.05, 4.69) is 4.72 Å². The Morgan fingerprint density at radius 3 is 2.57 bits per heavy atom. The average molecular weight is 324 g/mol. The number of hydrogen-bond acceptors (Lipinski definition) is 4. The van der Waals surface area contributed by atoms with Gasteiger partial charge in [0.1, 0.15) is 4.90 Å². The molecule has 0 amide bonds. The van der Waals surface area contributed by atoms with Crippen molar-refractivity contribution in [1.29, 1.82) is 0 Å². The van der Waals surface area contributed by atoms with Gasteiger partial charge in [-0.1, -0.05) is 6.07 Å². The summed E-state index contributed by atoms with van der Waals surface area (Å²) in [7, 11) is -3.60. The van der Waals surface area contributed by atoms with Crippen LogP contribution < -0.4 is 10.5 Å². The van der Waals surface area contributed by atoms with Crippen molar-refractivity contribution in [3.63, 3.8) is 0 Å². The van der Waals surface area contributed by atoms with Gasteiger partial charge in [-0.2, -0.15) is 0 Å². The monoisotopic (exact) mass is 324 g/mol. The molecule has 0 bridgehead atoms. The molecular weight excluding hydrogens is 304 g/mol. The molecule has 1 atom stereocenters. The summed E-state index contributed by atoms with van der Waals surface area (Å²) in [4.78, 5) is 1.31. The summed E-state index contributed by atoms with van der Waals surface area (Å²) >= 11 is 1.62. The van der Waals surface area contributed by atoms with Gasteiger partial charge in [-0.05, 0) is 61.9 Å². The molecule has 0 fully saturated rings. The molecule has 4 nitrogen and oxygen atoms in total. The fourth-order valence-electron chi connectivity index (χ4n) is 2.15. The predicted octanol–water partition coefficient (Wildman–Crippen LogP) is 2.86. The predicted molar refractivity (Wildman–Crippen MR) is 88.1 cm³/mol. The maximum absolute atomic E-state index is 12.5. The summed E-state index contributed by atoms with van der Waals surface area (Å²) < 4.78 is 27.6. The Morgan fingerprint density at radius 1 is 1.29 bits per heavy atom. The van der Waals surface area contributed by atoms with Crippen molar-refractivity contribution in [3.05, 3.63) is 45.6 Å². The number of aryl methyl sites for hydroxylation is 2. The Bertz CT molecular complexity index is 722. The number of benzene rings is 1. The second-order valence-corrected chi connectivity index (χ2v) is 7.99. The van der Waals surface area contributed by atoms with Crippen LogP contribution in [0.2, 0.25) is 0 Å². The van der Waals surface area contributed by atoms with Gasteiger partial charge < -0.3 is 5.73 Å². The summed E-state index contributed by atoms with van der Waals surface area (Å²) in [5.74, 6) is 0. The Labute approximate surface area is 130 Å². The summed E-state index contributed by atoms with van der Waals surface area (Å²) in [6.07, 6.45) is 0.668. The normalized spacial score (nSPS) is 13.3. The number of thiophene rings is 1. The molecule has 114 valence electrons. The molecule has 0 aliphatic heterocycles. The number of nitrogen functional groups attached to an aromatic ring is 1. The number of rotatable bonds is 5. The third-order valence-corrected chi connectivity index (χ3v) is 5.90. The number of nitrogens with two attached hydrogens (primary N) is 1. The third-order valence-electron chi connectivity index (χ3n) is 3.36. The van der Waals surface area contributed by atoms with Gasteiger partial charge in [0.05, 0.1) is 5.69 Å². The van der Waals surface area contributed by atoms with Gasteiger partial charge in [-0.25, -0.2) is 13.1 Å². The SMILES string of the molecule is Cc1cc(N)c(S(=O)(=O)NC(C)Cc2cccs2)cc1C. The van der Waals surface area contributed by atoms with Crippen molar-refractivity contribution in [2.75, 3.05) is 5.73 Å². The molecule has 0 saturated carbocycles. The first kappa shape index (κ1) is 16.0. The van der Waals surface area contributed by atoms with E-state index < -0.39 is 10.0 Å². The average Bonchev–Trinajstić information content (AvgIpc) is 2.85. The molecular formula is C15H20N2O2S2. The second kappa shape index (κ2) is 6.17. The first-order valence-electron chi connectivity index (χ1n) is 6.71. The Hall–Kier alpha value is -1.37. The van der Waals surface area contributed by atoms with E-state index in [0.29, 0.717) is 6.42 Å². The van der Waals surface area contributed by atoms with Crippen LogP contribution in [0.25, 0.3) is 0 Å². The van der Waals surface area contributed by atoms with Crippen LogP contribution >= 0.6 is 11.3 Å². The highest BCUT2D eigenvalue weighted by Crippen LogP contribution is 2.23. The molecule has 0 saturated heterocycles. The van der Waals surface area contributed by atoms with Crippen LogP contribution in [0, 0.1) is 13.8 Å². The number of anilines is 1. The molecule has 6 heteroatoms. The fourth-order valence-corrected chi connectivity index (χ4v) is 4.42. The highest BCUT2D eigenvalue weighted by molar-refractivity contribution is 7.89. The second-order valence-electron chi connectivity index (χ2n) is 5.28. The lowest BCUT2D eigenvalue weighted by atomic mass is 10.1. The van der Waals surface area contributed by atoms with Gasteiger partial charge in [0.15, 0.2) is 0 Å². The molecule has 21 heavy (non-hydrogen) atoms. The first-order chi connectivity index (χ1) is 9.79. The van der Waals surface area contributed by atoms with Gasteiger partial charge in [0.2, 0.25) is 10.0 Å². The number of nitrogens with one attached hydrogen (secondary N) is 1. The summed E-state index contributed by atoms with van der Waals surface area (Å²) in [5.41, 5.74) is 8.05.